The number of nitrogen functional groups attached to an aromatic ring is 1. The molecular formula is C13H11ClN2S3. The van der Waals surface area contributed by atoms with Gasteiger partial charge in [-0.2, -0.15) is 0 Å². The average Bonchev–Trinajstić information content (AvgIpc) is 2.88. The Kier molecular flexibility index (Phi) is 3.71. The molecular weight excluding hydrogens is 316 g/mol. The van der Waals surface area contributed by atoms with Gasteiger partial charge in [0.15, 0.2) is 5.13 Å². The van der Waals surface area contributed by atoms with Gasteiger partial charge < -0.3 is 5.73 Å². The summed E-state index contributed by atoms with van der Waals surface area (Å²) in [6.45, 7) is 1.99. The minimum atomic E-state index is 0.627. The molecule has 0 aliphatic heterocycles. The van der Waals surface area contributed by atoms with Crippen LogP contribution in [0.3, 0.4) is 0 Å². The van der Waals surface area contributed by atoms with E-state index in [0.717, 1.165) is 21.9 Å². The molecule has 0 fully saturated rings. The highest BCUT2D eigenvalue weighted by atomic mass is 35.5. The Morgan fingerprint density at radius 1 is 1.32 bits per heavy atom. The first-order chi connectivity index (χ1) is 9.15. The van der Waals surface area contributed by atoms with Crippen LogP contribution in [0.5, 0.6) is 0 Å². The molecule has 0 unspecified atom stereocenters. The summed E-state index contributed by atoms with van der Waals surface area (Å²) >= 11 is 11.5. The SMILES string of the molecule is Cc1nc(N)sc1SCc1sc2ccccc2c1Cl. The Bertz CT molecular complexity index is 733. The van der Waals surface area contributed by atoms with Crippen molar-refractivity contribution in [2.24, 2.45) is 0 Å². The van der Waals surface area contributed by atoms with Crippen LogP contribution in [0.2, 0.25) is 5.02 Å². The van der Waals surface area contributed by atoms with Crippen LogP contribution in [0.4, 0.5) is 5.13 Å². The fourth-order valence-corrected chi connectivity index (χ4v) is 5.51. The summed E-state index contributed by atoms with van der Waals surface area (Å²) < 4.78 is 2.41. The van der Waals surface area contributed by atoms with Crippen LogP contribution in [-0.4, -0.2) is 4.98 Å². The van der Waals surface area contributed by atoms with Crippen LogP contribution in [-0.2, 0) is 5.75 Å². The van der Waals surface area contributed by atoms with Gasteiger partial charge in [0.05, 0.1) is 14.9 Å². The van der Waals surface area contributed by atoms with E-state index in [-0.39, 0.29) is 0 Å². The second kappa shape index (κ2) is 5.32. The summed E-state index contributed by atoms with van der Waals surface area (Å²) in [6.07, 6.45) is 0. The van der Waals surface area contributed by atoms with Gasteiger partial charge in [-0.1, -0.05) is 41.1 Å². The number of nitrogens with zero attached hydrogens (tertiary/aromatic N) is 1. The van der Waals surface area contributed by atoms with E-state index in [4.69, 9.17) is 17.3 Å². The number of benzene rings is 1. The van der Waals surface area contributed by atoms with Crippen molar-refractivity contribution in [1.29, 1.82) is 0 Å². The van der Waals surface area contributed by atoms with Gasteiger partial charge >= 0.3 is 0 Å². The molecule has 0 aliphatic rings. The Labute approximate surface area is 128 Å². The number of aromatic nitrogens is 1. The quantitative estimate of drug-likeness (QED) is 0.673. The number of aryl methyl sites for hydroxylation is 1. The highest BCUT2D eigenvalue weighted by Gasteiger charge is 2.12. The Morgan fingerprint density at radius 3 is 2.79 bits per heavy atom. The summed E-state index contributed by atoms with van der Waals surface area (Å²) in [4.78, 5) is 5.44. The van der Waals surface area contributed by atoms with E-state index in [1.807, 2.05) is 19.1 Å². The number of rotatable bonds is 3. The van der Waals surface area contributed by atoms with Gasteiger partial charge in [0.1, 0.15) is 0 Å². The first-order valence-electron chi connectivity index (χ1n) is 5.67. The van der Waals surface area contributed by atoms with Gasteiger partial charge in [-0.25, -0.2) is 4.98 Å². The van der Waals surface area contributed by atoms with Crippen molar-refractivity contribution in [2.45, 2.75) is 16.9 Å². The van der Waals surface area contributed by atoms with E-state index in [1.165, 1.54) is 25.1 Å². The zero-order valence-corrected chi connectivity index (χ0v) is 13.3. The topological polar surface area (TPSA) is 38.9 Å². The molecule has 1 aromatic carbocycles. The predicted octanol–water partition coefficient (Wildman–Crippen LogP) is 5.19. The molecule has 2 heterocycles. The predicted molar refractivity (Wildman–Crippen MR) is 87.7 cm³/mol. The lowest BCUT2D eigenvalue weighted by molar-refractivity contribution is 1.21. The number of hydrogen-bond donors (Lipinski definition) is 1. The third kappa shape index (κ3) is 2.60. The molecule has 0 saturated heterocycles. The first kappa shape index (κ1) is 13.2. The van der Waals surface area contributed by atoms with Crippen LogP contribution in [0.15, 0.2) is 28.5 Å². The molecule has 19 heavy (non-hydrogen) atoms. The number of thioether (sulfide) groups is 1. The fraction of sp³-hybridized carbons (Fsp3) is 0.154. The number of anilines is 1. The van der Waals surface area contributed by atoms with E-state index in [1.54, 1.807) is 23.1 Å². The van der Waals surface area contributed by atoms with Crippen LogP contribution >= 0.6 is 46.0 Å². The van der Waals surface area contributed by atoms with Crippen LogP contribution < -0.4 is 5.73 Å². The molecule has 98 valence electrons. The molecule has 0 amide bonds. The van der Waals surface area contributed by atoms with Crippen molar-refractivity contribution in [2.75, 3.05) is 5.73 Å². The molecule has 2 N–H and O–H groups in total. The fourth-order valence-electron chi connectivity index (χ4n) is 1.83. The van der Waals surface area contributed by atoms with Gasteiger partial charge in [0.2, 0.25) is 0 Å². The standard InChI is InChI=1S/C13H11ClN2S3/c1-7-12(19-13(15)16-7)17-6-10-11(14)8-4-2-3-5-9(8)18-10/h2-5H,6H2,1H3,(H2,15,16). The van der Waals surface area contributed by atoms with E-state index in [0.29, 0.717) is 5.13 Å². The highest BCUT2D eigenvalue weighted by Crippen LogP contribution is 2.40. The summed E-state index contributed by atoms with van der Waals surface area (Å²) in [7, 11) is 0. The van der Waals surface area contributed by atoms with E-state index in [9.17, 15) is 0 Å². The molecule has 3 rings (SSSR count). The third-order valence-electron chi connectivity index (χ3n) is 2.71. The van der Waals surface area contributed by atoms with Gasteiger partial charge in [0.25, 0.3) is 0 Å². The number of hydrogen-bond acceptors (Lipinski definition) is 5. The second-order valence-electron chi connectivity index (χ2n) is 4.05. The molecule has 0 bridgehead atoms. The summed E-state index contributed by atoms with van der Waals surface area (Å²) in [6, 6.07) is 8.24. The molecule has 0 spiro atoms. The van der Waals surface area contributed by atoms with E-state index >= 15 is 0 Å². The molecule has 0 atom stereocenters. The Morgan fingerprint density at radius 2 is 2.11 bits per heavy atom. The zero-order chi connectivity index (χ0) is 13.4. The summed E-state index contributed by atoms with van der Waals surface area (Å²) in [5.41, 5.74) is 6.71. The normalized spacial score (nSPS) is 11.3. The first-order valence-corrected chi connectivity index (χ1v) is 8.66. The maximum absolute atomic E-state index is 6.43. The van der Waals surface area contributed by atoms with Crippen LogP contribution in [0.25, 0.3) is 10.1 Å². The lowest BCUT2D eigenvalue weighted by Gasteiger charge is -1.97. The van der Waals surface area contributed by atoms with Crippen LogP contribution in [0, 0.1) is 6.92 Å². The average molecular weight is 327 g/mol. The Hall–Kier alpha value is -0.750. The lowest BCUT2D eigenvalue weighted by Crippen LogP contribution is -1.80. The lowest BCUT2D eigenvalue weighted by atomic mass is 10.2. The van der Waals surface area contributed by atoms with Crippen LogP contribution in [0.1, 0.15) is 10.6 Å². The van der Waals surface area contributed by atoms with E-state index in [2.05, 4.69) is 17.1 Å². The van der Waals surface area contributed by atoms with Crippen molar-refractivity contribution in [3.8, 4) is 0 Å². The second-order valence-corrected chi connectivity index (χ2v) is 7.84. The maximum Gasteiger partial charge on any atom is 0.181 e. The maximum atomic E-state index is 6.43. The van der Waals surface area contributed by atoms with Crippen molar-refractivity contribution in [1.82, 2.24) is 4.98 Å². The summed E-state index contributed by atoms with van der Waals surface area (Å²) in [5.74, 6) is 0.862. The number of thiazole rings is 1. The molecule has 2 nitrogen and oxygen atoms in total. The van der Waals surface area contributed by atoms with Gasteiger partial charge in [-0.3, -0.25) is 0 Å². The van der Waals surface area contributed by atoms with Crippen molar-refractivity contribution < 1.29 is 0 Å². The smallest absolute Gasteiger partial charge is 0.181 e. The highest BCUT2D eigenvalue weighted by molar-refractivity contribution is 8.00. The molecule has 0 radical (unpaired) electrons. The van der Waals surface area contributed by atoms with E-state index < -0.39 is 0 Å². The molecule has 3 aromatic rings. The number of halogens is 1. The van der Waals surface area contributed by atoms with Crippen molar-refractivity contribution >= 4 is 61.3 Å². The monoisotopic (exact) mass is 326 g/mol. The molecule has 6 heteroatoms. The number of nitrogens with two attached hydrogens (primary N) is 1. The van der Waals surface area contributed by atoms with Crippen molar-refractivity contribution in [3.05, 3.63) is 39.9 Å². The molecule has 0 saturated carbocycles. The van der Waals surface area contributed by atoms with Crippen molar-refractivity contribution in [3.63, 3.8) is 0 Å². The molecule has 2 aromatic heterocycles. The van der Waals surface area contributed by atoms with Gasteiger partial charge in [-0.05, 0) is 13.0 Å². The minimum absolute atomic E-state index is 0.627. The van der Waals surface area contributed by atoms with Gasteiger partial charge in [0, 0.05) is 20.7 Å². The zero-order valence-electron chi connectivity index (χ0n) is 10.1. The third-order valence-corrected chi connectivity index (χ3v) is 6.98. The van der Waals surface area contributed by atoms with Gasteiger partial charge in [-0.15, -0.1) is 23.1 Å². The Balaban J connectivity index is 1.86. The molecule has 0 aliphatic carbocycles. The number of thiophene rings is 1. The largest absolute Gasteiger partial charge is 0.375 e. The summed E-state index contributed by atoms with van der Waals surface area (Å²) in [5, 5.41) is 2.65. The minimum Gasteiger partial charge on any atom is -0.375 e. The number of fused-ring (bicyclic) bond motifs is 1.